The molecule has 1 aromatic carbocycles. The third-order valence-electron chi connectivity index (χ3n) is 4.41. The average molecular weight is 307 g/mol. The largest absolute Gasteiger partial charge is 0.329 e. The molecule has 4 nitrogen and oxygen atoms in total. The van der Waals surface area contributed by atoms with Crippen LogP contribution in [0.3, 0.4) is 0 Å². The van der Waals surface area contributed by atoms with Gasteiger partial charge in [-0.15, -0.1) is 0 Å². The quantitative estimate of drug-likeness (QED) is 0.865. The van der Waals surface area contributed by atoms with Crippen molar-refractivity contribution in [3.8, 4) is 0 Å². The van der Waals surface area contributed by atoms with Gasteiger partial charge in [-0.05, 0) is 24.5 Å². The molecule has 21 heavy (non-hydrogen) atoms. The predicted octanol–water partition coefficient (Wildman–Crippen LogP) is 3.74. The molecule has 1 N–H and O–H groups in total. The maximum Gasteiger partial charge on any atom is 0.329 e. The van der Waals surface area contributed by atoms with Gasteiger partial charge in [0.1, 0.15) is 6.04 Å². The van der Waals surface area contributed by atoms with Crippen molar-refractivity contribution in [1.29, 1.82) is 0 Å². The first-order valence-corrected chi connectivity index (χ1v) is 7.93. The van der Waals surface area contributed by atoms with E-state index in [2.05, 4.69) is 5.32 Å². The van der Waals surface area contributed by atoms with Crippen molar-refractivity contribution in [2.45, 2.75) is 44.6 Å². The Balaban J connectivity index is 1.74. The number of urea groups is 1. The highest BCUT2D eigenvalue weighted by atomic mass is 35.5. The highest BCUT2D eigenvalue weighted by Gasteiger charge is 2.40. The highest BCUT2D eigenvalue weighted by molar-refractivity contribution is 6.35. The van der Waals surface area contributed by atoms with Gasteiger partial charge in [-0.3, -0.25) is 4.79 Å². The first-order valence-electron chi connectivity index (χ1n) is 7.56. The van der Waals surface area contributed by atoms with Gasteiger partial charge < -0.3 is 5.32 Å². The molecule has 1 aliphatic carbocycles. The molecular weight excluding hydrogens is 288 g/mol. The van der Waals surface area contributed by atoms with Crippen molar-refractivity contribution in [2.75, 3.05) is 4.90 Å². The summed E-state index contributed by atoms with van der Waals surface area (Å²) in [5.41, 5.74) is 0.466. The number of hydrogen-bond donors (Lipinski definition) is 1. The molecule has 0 bridgehead atoms. The normalized spacial score (nSPS) is 23.5. The van der Waals surface area contributed by atoms with Crippen molar-refractivity contribution in [3.63, 3.8) is 0 Å². The van der Waals surface area contributed by atoms with E-state index in [1.165, 1.54) is 24.2 Å². The second-order valence-corrected chi connectivity index (χ2v) is 6.27. The first-order chi connectivity index (χ1) is 10.2. The van der Waals surface area contributed by atoms with Crippen LogP contribution in [0.25, 0.3) is 0 Å². The molecule has 1 heterocycles. The van der Waals surface area contributed by atoms with Crippen LogP contribution in [0.15, 0.2) is 24.3 Å². The summed E-state index contributed by atoms with van der Waals surface area (Å²) in [6.45, 7) is 0. The lowest BCUT2D eigenvalue weighted by Gasteiger charge is -2.23. The molecule has 2 aliphatic rings. The van der Waals surface area contributed by atoms with E-state index >= 15 is 0 Å². The molecule has 3 amide bonds. The Morgan fingerprint density at radius 2 is 1.86 bits per heavy atom. The van der Waals surface area contributed by atoms with Crippen LogP contribution in [-0.4, -0.2) is 18.0 Å². The Labute approximate surface area is 129 Å². The Bertz CT molecular complexity index is 555. The summed E-state index contributed by atoms with van der Waals surface area (Å²) in [7, 11) is 0. The standard InChI is InChI=1S/C16H19ClN2O2/c17-12-8-4-5-9-14(12)19-15(20)13(18-16(19)21)10-11-6-2-1-3-7-11/h4-5,8-9,11,13H,1-3,6-7,10H2,(H,18,21). The maximum absolute atomic E-state index is 12.5. The van der Waals surface area contributed by atoms with Gasteiger partial charge in [0.2, 0.25) is 0 Å². The number of para-hydroxylation sites is 1. The van der Waals surface area contributed by atoms with E-state index in [0.29, 0.717) is 16.6 Å². The van der Waals surface area contributed by atoms with E-state index in [1.807, 2.05) is 0 Å². The molecule has 2 fully saturated rings. The van der Waals surface area contributed by atoms with Gasteiger partial charge in [-0.25, -0.2) is 9.69 Å². The highest BCUT2D eigenvalue weighted by Crippen LogP contribution is 2.32. The Hall–Kier alpha value is -1.55. The van der Waals surface area contributed by atoms with E-state index in [-0.39, 0.29) is 11.9 Å². The number of hydrogen-bond acceptors (Lipinski definition) is 2. The van der Waals surface area contributed by atoms with Gasteiger partial charge in [0.25, 0.3) is 5.91 Å². The lowest BCUT2D eigenvalue weighted by molar-refractivity contribution is -0.118. The Morgan fingerprint density at radius 1 is 1.14 bits per heavy atom. The number of carbonyl (C=O) groups excluding carboxylic acids is 2. The fourth-order valence-corrected chi connectivity index (χ4v) is 3.53. The number of imide groups is 1. The van der Waals surface area contributed by atoms with Crippen molar-refractivity contribution >= 4 is 29.2 Å². The van der Waals surface area contributed by atoms with Gasteiger partial charge >= 0.3 is 6.03 Å². The van der Waals surface area contributed by atoms with Gasteiger partial charge in [0.05, 0.1) is 10.7 Å². The fraction of sp³-hybridized carbons (Fsp3) is 0.500. The number of anilines is 1. The third-order valence-corrected chi connectivity index (χ3v) is 4.73. The predicted molar refractivity (Wildman–Crippen MR) is 82.4 cm³/mol. The zero-order valence-electron chi connectivity index (χ0n) is 11.8. The van der Waals surface area contributed by atoms with Crippen molar-refractivity contribution in [1.82, 2.24) is 5.32 Å². The van der Waals surface area contributed by atoms with Gasteiger partial charge in [-0.1, -0.05) is 55.8 Å². The van der Waals surface area contributed by atoms with E-state index in [0.717, 1.165) is 19.3 Å². The van der Waals surface area contributed by atoms with Gasteiger partial charge in [0, 0.05) is 0 Å². The molecule has 3 rings (SSSR count). The van der Waals surface area contributed by atoms with Crippen LogP contribution in [-0.2, 0) is 4.79 Å². The van der Waals surface area contributed by atoms with E-state index in [9.17, 15) is 9.59 Å². The molecular formula is C16H19ClN2O2. The summed E-state index contributed by atoms with van der Waals surface area (Å²) in [5, 5.41) is 3.22. The zero-order chi connectivity index (χ0) is 14.8. The number of rotatable bonds is 3. The number of benzene rings is 1. The average Bonchev–Trinajstić information content (AvgIpc) is 2.76. The Kier molecular flexibility index (Phi) is 4.15. The molecule has 1 saturated heterocycles. The van der Waals surface area contributed by atoms with Gasteiger partial charge in [-0.2, -0.15) is 0 Å². The summed E-state index contributed by atoms with van der Waals surface area (Å²) in [4.78, 5) is 25.8. The maximum atomic E-state index is 12.5. The van der Waals surface area contributed by atoms with E-state index < -0.39 is 6.04 Å². The molecule has 1 aromatic rings. The molecule has 1 aliphatic heterocycles. The zero-order valence-corrected chi connectivity index (χ0v) is 12.6. The number of amides is 3. The first kappa shape index (κ1) is 14.4. The minimum Gasteiger partial charge on any atom is -0.325 e. The minimum absolute atomic E-state index is 0.182. The van der Waals surface area contributed by atoms with Crippen molar-refractivity contribution < 1.29 is 9.59 Å². The second kappa shape index (κ2) is 6.06. The summed E-state index contributed by atoms with van der Waals surface area (Å²) in [6.07, 6.45) is 6.80. The molecule has 112 valence electrons. The Morgan fingerprint density at radius 3 is 2.57 bits per heavy atom. The number of nitrogens with zero attached hydrogens (tertiary/aromatic N) is 1. The number of halogens is 1. The molecule has 0 spiro atoms. The summed E-state index contributed by atoms with van der Waals surface area (Å²) >= 11 is 6.10. The topological polar surface area (TPSA) is 49.4 Å². The van der Waals surface area contributed by atoms with E-state index in [1.54, 1.807) is 24.3 Å². The molecule has 1 atom stereocenters. The molecule has 0 radical (unpaired) electrons. The summed E-state index contributed by atoms with van der Waals surface area (Å²) in [5.74, 6) is 0.359. The van der Waals surface area contributed by atoms with Crippen LogP contribution >= 0.6 is 11.6 Å². The van der Waals surface area contributed by atoms with Crippen molar-refractivity contribution in [3.05, 3.63) is 29.3 Å². The fourth-order valence-electron chi connectivity index (χ4n) is 3.31. The lowest BCUT2D eigenvalue weighted by atomic mass is 9.85. The summed E-state index contributed by atoms with van der Waals surface area (Å²) in [6, 6.07) is 6.17. The lowest BCUT2D eigenvalue weighted by Crippen LogP contribution is -2.33. The van der Waals surface area contributed by atoms with Crippen LogP contribution < -0.4 is 10.2 Å². The second-order valence-electron chi connectivity index (χ2n) is 5.87. The SMILES string of the molecule is O=C1NC(CC2CCCCC2)C(=O)N1c1ccccc1Cl. The van der Waals surface area contributed by atoms with Crippen LogP contribution in [0.5, 0.6) is 0 Å². The monoisotopic (exact) mass is 306 g/mol. The number of nitrogens with one attached hydrogen (secondary N) is 1. The van der Waals surface area contributed by atoms with E-state index in [4.69, 9.17) is 11.6 Å². The van der Waals surface area contributed by atoms with Crippen LogP contribution in [0.2, 0.25) is 5.02 Å². The molecule has 5 heteroatoms. The van der Waals surface area contributed by atoms with Crippen LogP contribution in [0.4, 0.5) is 10.5 Å². The minimum atomic E-state index is -0.406. The third kappa shape index (κ3) is 2.91. The number of carbonyl (C=O) groups is 2. The molecule has 0 aromatic heterocycles. The van der Waals surface area contributed by atoms with Crippen LogP contribution in [0.1, 0.15) is 38.5 Å². The smallest absolute Gasteiger partial charge is 0.325 e. The van der Waals surface area contributed by atoms with Crippen molar-refractivity contribution in [2.24, 2.45) is 5.92 Å². The molecule has 1 unspecified atom stereocenters. The van der Waals surface area contributed by atoms with Crippen LogP contribution in [0, 0.1) is 5.92 Å². The summed E-state index contributed by atoms with van der Waals surface area (Å²) < 4.78 is 0. The van der Waals surface area contributed by atoms with Gasteiger partial charge in [0.15, 0.2) is 0 Å². The molecule has 1 saturated carbocycles.